The summed E-state index contributed by atoms with van der Waals surface area (Å²) in [5.74, 6) is 0.272. The lowest BCUT2D eigenvalue weighted by Gasteiger charge is -2.08. The lowest BCUT2D eigenvalue weighted by Crippen LogP contribution is -2.07. The first kappa shape index (κ1) is 10.5. The van der Waals surface area contributed by atoms with Crippen LogP contribution in [-0.4, -0.2) is 14.9 Å². The number of benzene rings is 1. The maximum Gasteiger partial charge on any atom is 0.117 e. The number of anilines is 1. The Hall–Kier alpha value is -1.97. The van der Waals surface area contributed by atoms with Crippen molar-refractivity contribution in [3.05, 3.63) is 42.2 Å². The highest BCUT2D eigenvalue weighted by molar-refractivity contribution is 5.47. The molecule has 4 nitrogen and oxygen atoms in total. The van der Waals surface area contributed by atoms with Crippen molar-refractivity contribution in [2.75, 3.05) is 5.32 Å². The molecular weight excluding hydrogens is 202 g/mol. The summed E-state index contributed by atoms with van der Waals surface area (Å²) < 4.78 is 1.94. The van der Waals surface area contributed by atoms with Crippen LogP contribution in [0.25, 0.3) is 0 Å². The van der Waals surface area contributed by atoms with Crippen LogP contribution < -0.4 is 5.32 Å². The van der Waals surface area contributed by atoms with Crippen LogP contribution in [0.1, 0.15) is 12.6 Å². The third-order valence-corrected chi connectivity index (χ3v) is 2.42. The molecule has 0 saturated heterocycles. The molecule has 2 rings (SSSR count). The third-order valence-electron chi connectivity index (χ3n) is 2.42. The normalized spacial score (nSPS) is 10.3. The van der Waals surface area contributed by atoms with Crippen molar-refractivity contribution in [2.45, 2.75) is 20.0 Å². The van der Waals surface area contributed by atoms with Crippen LogP contribution in [0.5, 0.6) is 5.75 Å². The van der Waals surface area contributed by atoms with Gasteiger partial charge in [-0.2, -0.15) is 5.10 Å². The molecule has 1 aromatic carbocycles. The van der Waals surface area contributed by atoms with Gasteiger partial charge in [-0.1, -0.05) is 6.07 Å². The van der Waals surface area contributed by atoms with Gasteiger partial charge in [0.2, 0.25) is 0 Å². The van der Waals surface area contributed by atoms with E-state index in [0.29, 0.717) is 6.54 Å². The molecule has 16 heavy (non-hydrogen) atoms. The van der Waals surface area contributed by atoms with Gasteiger partial charge < -0.3 is 10.4 Å². The Morgan fingerprint density at radius 1 is 1.38 bits per heavy atom. The minimum atomic E-state index is 0.272. The second kappa shape index (κ2) is 4.70. The fourth-order valence-electron chi connectivity index (χ4n) is 1.60. The Balaban J connectivity index is 2.02. The quantitative estimate of drug-likeness (QED) is 0.825. The largest absolute Gasteiger partial charge is 0.508 e. The summed E-state index contributed by atoms with van der Waals surface area (Å²) in [6.45, 7) is 3.63. The van der Waals surface area contributed by atoms with E-state index in [9.17, 15) is 5.11 Å². The molecule has 4 heteroatoms. The van der Waals surface area contributed by atoms with Crippen LogP contribution >= 0.6 is 0 Å². The molecule has 2 N–H and O–H groups in total. The molecule has 1 heterocycles. The molecule has 0 aliphatic rings. The average molecular weight is 217 g/mol. The monoisotopic (exact) mass is 217 g/mol. The predicted molar refractivity (Wildman–Crippen MR) is 63.3 cm³/mol. The average Bonchev–Trinajstić information content (AvgIpc) is 2.74. The molecule has 0 unspecified atom stereocenters. The summed E-state index contributed by atoms with van der Waals surface area (Å²) in [7, 11) is 0. The van der Waals surface area contributed by atoms with Gasteiger partial charge in [-0.3, -0.25) is 4.68 Å². The van der Waals surface area contributed by atoms with Crippen molar-refractivity contribution in [1.82, 2.24) is 9.78 Å². The summed E-state index contributed by atoms with van der Waals surface area (Å²) >= 11 is 0. The molecule has 0 spiro atoms. The van der Waals surface area contributed by atoms with E-state index in [1.54, 1.807) is 18.3 Å². The van der Waals surface area contributed by atoms with Crippen molar-refractivity contribution in [2.24, 2.45) is 0 Å². The molecule has 2 aromatic rings. The standard InChI is InChI=1S/C12H15N3O/c1-2-15-11(6-7-14-15)9-13-10-4-3-5-12(16)8-10/h3-8,13,16H,2,9H2,1H3. The Morgan fingerprint density at radius 2 is 2.25 bits per heavy atom. The number of nitrogens with one attached hydrogen (secondary N) is 1. The van der Waals surface area contributed by atoms with Crippen molar-refractivity contribution in [1.29, 1.82) is 0 Å². The van der Waals surface area contributed by atoms with E-state index in [0.717, 1.165) is 17.9 Å². The second-order valence-electron chi connectivity index (χ2n) is 3.54. The Kier molecular flexibility index (Phi) is 3.10. The zero-order valence-electron chi connectivity index (χ0n) is 9.22. The van der Waals surface area contributed by atoms with Crippen LogP contribution in [0, 0.1) is 0 Å². The van der Waals surface area contributed by atoms with Crippen molar-refractivity contribution in [3.63, 3.8) is 0 Å². The summed E-state index contributed by atoms with van der Waals surface area (Å²) in [6.07, 6.45) is 1.79. The number of hydrogen-bond donors (Lipinski definition) is 2. The topological polar surface area (TPSA) is 50.1 Å². The van der Waals surface area contributed by atoms with Gasteiger partial charge in [0.1, 0.15) is 5.75 Å². The molecule has 0 fully saturated rings. The number of rotatable bonds is 4. The van der Waals surface area contributed by atoms with E-state index in [-0.39, 0.29) is 5.75 Å². The Labute approximate surface area is 94.5 Å². The van der Waals surface area contributed by atoms with Crippen LogP contribution in [-0.2, 0) is 13.1 Å². The number of hydrogen-bond acceptors (Lipinski definition) is 3. The van der Waals surface area contributed by atoms with Crippen molar-refractivity contribution < 1.29 is 5.11 Å². The molecule has 0 amide bonds. The van der Waals surface area contributed by atoms with Gasteiger partial charge in [-0.15, -0.1) is 0 Å². The zero-order valence-corrected chi connectivity index (χ0v) is 9.22. The number of nitrogens with zero attached hydrogens (tertiary/aromatic N) is 2. The van der Waals surface area contributed by atoms with Gasteiger partial charge in [0.05, 0.1) is 12.2 Å². The summed E-state index contributed by atoms with van der Waals surface area (Å²) in [5.41, 5.74) is 2.04. The van der Waals surface area contributed by atoms with Crippen LogP contribution in [0.15, 0.2) is 36.5 Å². The van der Waals surface area contributed by atoms with Gasteiger partial charge in [0, 0.05) is 24.5 Å². The van der Waals surface area contributed by atoms with Crippen LogP contribution in [0.4, 0.5) is 5.69 Å². The minimum absolute atomic E-state index is 0.272. The summed E-state index contributed by atoms with van der Waals surface area (Å²) in [4.78, 5) is 0. The highest BCUT2D eigenvalue weighted by atomic mass is 16.3. The number of aromatic hydroxyl groups is 1. The smallest absolute Gasteiger partial charge is 0.117 e. The predicted octanol–water partition coefficient (Wildman–Crippen LogP) is 2.22. The Morgan fingerprint density at radius 3 is 3.00 bits per heavy atom. The molecular formula is C12H15N3O. The molecule has 0 aliphatic carbocycles. The molecule has 84 valence electrons. The van der Waals surface area contributed by atoms with Crippen molar-refractivity contribution >= 4 is 5.69 Å². The van der Waals surface area contributed by atoms with E-state index in [1.165, 1.54) is 0 Å². The first-order valence-electron chi connectivity index (χ1n) is 5.33. The number of aromatic nitrogens is 2. The number of phenols is 1. The number of phenolic OH excluding ortho intramolecular Hbond substituents is 1. The van der Waals surface area contributed by atoms with Crippen molar-refractivity contribution in [3.8, 4) is 5.75 Å². The zero-order chi connectivity index (χ0) is 11.4. The van der Waals surface area contributed by atoms with E-state index in [4.69, 9.17) is 0 Å². The van der Waals surface area contributed by atoms with Gasteiger partial charge in [-0.05, 0) is 25.1 Å². The lowest BCUT2D eigenvalue weighted by atomic mass is 10.3. The van der Waals surface area contributed by atoms with Gasteiger partial charge in [-0.25, -0.2) is 0 Å². The van der Waals surface area contributed by atoms with Crippen LogP contribution in [0.3, 0.4) is 0 Å². The van der Waals surface area contributed by atoms with Gasteiger partial charge >= 0.3 is 0 Å². The summed E-state index contributed by atoms with van der Waals surface area (Å²) in [5, 5.41) is 16.7. The molecule has 0 atom stereocenters. The SMILES string of the molecule is CCn1nccc1CNc1cccc(O)c1. The molecule has 0 radical (unpaired) electrons. The van der Waals surface area contributed by atoms with E-state index in [1.807, 2.05) is 22.9 Å². The third kappa shape index (κ3) is 2.34. The Bertz CT molecular complexity index is 465. The number of aryl methyl sites for hydroxylation is 1. The van der Waals surface area contributed by atoms with E-state index < -0.39 is 0 Å². The highest BCUT2D eigenvalue weighted by Gasteiger charge is 2.00. The maximum absolute atomic E-state index is 9.31. The van der Waals surface area contributed by atoms with Gasteiger partial charge in [0.25, 0.3) is 0 Å². The first-order valence-corrected chi connectivity index (χ1v) is 5.33. The lowest BCUT2D eigenvalue weighted by molar-refractivity contribution is 0.475. The van der Waals surface area contributed by atoms with Crippen LogP contribution in [0.2, 0.25) is 0 Å². The van der Waals surface area contributed by atoms with E-state index in [2.05, 4.69) is 17.3 Å². The fourth-order valence-corrected chi connectivity index (χ4v) is 1.60. The molecule has 1 aromatic heterocycles. The molecule has 0 aliphatic heterocycles. The second-order valence-corrected chi connectivity index (χ2v) is 3.54. The maximum atomic E-state index is 9.31. The highest BCUT2D eigenvalue weighted by Crippen LogP contribution is 2.16. The molecule has 0 saturated carbocycles. The minimum Gasteiger partial charge on any atom is -0.508 e. The molecule has 0 bridgehead atoms. The first-order chi connectivity index (χ1) is 7.79. The fraction of sp³-hybridized carbons (Fsp3) is 0.250. The van der Waals surface area contributed by atoms with E-state index >= 15 is 0 Å². The van der Waals surface area contributed by atoms with Gasteiger partial charge in [0.15, 0.2) is 0 Å². The summed E-state index contributed by atoms with van der Waals surface area (Å²) in [6, 6.07) is 9.08.